The van der Waals surface area contributed by atoms with Crippen LogP contribution in [0.15, 0.2) is 47.4 Å². The molecular weight excluding hydrogens is 266 g/mol. The van der Waals surface area contributed by atoms with Gasteiger partial charge in [0.25, 0.3) is 0 Å². The highest BCUT2D eigenvalue weighted by Crippen LogP contribution is 2.17. The minimum absolute atomic E-state index is 0.00665. The summed E-state index contributed by atoms with van der Waals surface area (Å²) in [4.78, 5) is 13.0. The molecule has 1 nitrogen and oxygen atoms in total. The Kier molecular flexibility index (Phi) is 4.32. The fourth-order valence-electron chi connectivity index (χ4n) is 1.78. The van der Waals surface area contributed by atoms with Crippen LogP contribution in [0, 0.1) is 11.6 Å². The molecule has 0 saturated heterocycles. The Morgan fingerprint density at radius 2 is 1.63 bits per heavy atom. The van der Waals surface area contributed by atoms with Gasteiger partial charge >= 0.3 is 0 Å². The fourth-order valence-corrected chi connectivity index (χ4v) is 2.19. The monoisotopic (exact) mass is 278 g/mol. The highest BCUT2D eigenvalue weighted by atomic mass is 32.2. The van der Waals surface area contributed by atoms with E-state index >= 15 is 0 Å². The molecule has 2 rings (SSSR count). The van der Waals surface area contributed by atoms with Crippen molar-refractivity contribution in [3.8, 4) is 0 Å². The van der Waals surface area contributed by atoms with Crippen LogP contribution in [0.25, 0.3) is 0 Å². The van der Waals surface area contributed by atoms with Gasteiger partial charge in [-0.3, -0.25) is 4.79 Å². The average molecular weight is 278 g/mol. The number of rotatable bonds is 4. The van der Waals surface area contributed by atoms with E-state index in [0.717, 1.165) is 11.0 Å². The van der Waals surface area contributed by atoms with Gasteiger partial charge in [0.05, 0.1) is 0 Å². The second-order valence-corrected chi connectivity index (χ2v) is 4.99. The van der Waals surface area contributed by atoms with Gasteiger partial charge in [0, 0.05) is 22.9 Å². The van der Waals surface area contributed by atoms with Gasteiger partial charge in [-0.25, -0.2) is 8.78 Å². The predicted molar refractivity (Wildman–Crippen MR) is 72.6 cm³/mol. The van der Waals surface area contributed by atoms with Crippen molar-refractivity contribution in [3.63, 3.8) is 0 Å². The number of ketones is 1. The van der Waals surface area contributed by atoms with E-state index in [4.69, 9.17) is 0 Å². The van der Waals surface area contributed by atoms with Crippen molar-refractivity contribution in [2.75, 3.05) is 6.26 Å². The van der Waals surface area contributed by atoms with Gasteiger partial charge in [-0.15, -0.1) is 11.8 Å². The minimum Gasteiger partial charge on any atom is -0.294 e. The number of carbonyl (C=O) groups is 1. The molecule has 2 aromatic carbocycles. The predicted octanol–water partition coefficient (Wildman–Crippen LogP) is 4.11. The van der Waals surface area contributed by atoms with Crippen molar-refractivity contribution in [2.45, 2.75) is 11.3 Å². The standard InChI is InChI=1S/C15H12F2OS/c1-19-14-4-2-11(3-5-14)15(18)8-10-6-12(16)9-13(17)7-10/h2-7,9H,8H2,1H3. The maximum Gasteiger partial charge on any atom is 0.167 e. The molecule has 0 atom stereocenters. The maximum atomic E-state index is 13.0. The Balaban J connectivity index is 2.15. The van der Waals surface area contributed by atoms with Gasteiger partial charge in [0.1, 0.15) is 11.6 Å². The average Bonchev–Trinajstić information content (AvgIpc) is 2.37. The Labute approximate surface area is 114 Å². The number of carbonyl (C=O) groups excluding carboxylic acids is 1. The summed E-state index contributed by atoms with van der Waals surface area (Å²) in [6.45, 7) is 0. The zero-order valence-electron chi connectivity index (χ0n) is 10.3. The minimum atomic E-state index is -0.666. The van der Waals surface area contributed by atoms with Crippen LogP contribution in [0.1, 0.15) is 15.9 Å². The topological polar surface area (TPSA) is 17.1 Å². The first-order chi connectivity index (χ1) is 9.08. The number of benzene rings is 2. The Morgan fingerprint density at radius 3 is 2.16 bits per heavy atom. The van der Waals surface area contributed by atoms with Crippen molar-refractivity contribution in [2.24, 2.45) is 0 Å². The lowest BCUT2D eigenvalue weighted by Gasteiger charge is -2.03. The van der Waals surface area contributed by atoms with Crippen molar-refractivity contribution >= 4 is 17.5 Å². The van der Waals surface area contributed by atoms with E-state index in [0.29, 0.717) is 11.1 Å². The quantitative estimate of drug-likeness (QED) is 0.618. The molecule has 2 aromatic rings. The Hall–Kier alpha value is -1.68. The van der Waals surface area contributed by atoms with Gasteiger partial charge in [-0.2, -0.15) is 0 Å². The first-order valence-electron chi connectivity index (χ1n) is 5.70. The Bertz CT molecular complexity index is 573. The molecule has 0 N–H and O–H groups in total. The van der Waals surface area contributed by atoms with Crippen LogP contribution in [0.5, 0.6) is 0 Å². The van der Waals surface area contributed by atoms with E-state index < -0.39 is 11.6 Å². The summed E-state index contributed by atoms with van der Waals surface area (Å²) in [6, 6.07) is 10.3. The van der Waals surface area contributed by atoms with E-state index in [1.807, 2.05) is 18.4 Å². The third kappa shape index (κ3) is 3.64. The summed E-state index contributed by atoms with van der Waals surface area (Å²) >= 11 is 1.59. The lowest BCUT2D eigenvalue weighted by Crippen LogP contribution is -2.04. The van der Waals surface area contributed by atoms with E-state index in [2.05, 4.69) is 0 Å². The van der Waals surface area contributed by atoms with Gasteiger partial charge in [-0.05, 0) is 36.1 Å². The van der Waals surface area contributed by atoms with Crippen molar-refractivity contribution in [1.82, 2.24) is 0 Å². The molecule has 0 spiro atoms. The van der Waals surface area contributed by atoms with Gasteiger partial charge in [0.15, 0.2) is 5.78 Å². The van der Waals surface area contributed by atoms with Crippen molar-refractivity contribution in [1.29, 1.82) is 0 Å². The van der Waals surface area contributed by atoms with Gasteiger partial charge in [0.2, 0.25) is 0 Å². The van der Waals surface area contributed by atoms with E-state index in [-0.39, 0.29) is 12.2 Å². The summed E-state index contributed by atoms with van der Waals surface area (Å²) in [7, 11) is 0. The SMILES string of the molecule is CSc1ccc(C(=O)Cc2cc(F)cc(F)c2)cc1. The van der Waals surface area contributed by atoms with E-state index in [1.165, 1.54) is 12.1 Å². The molecule has 0 aromatic heterocycles. The highest BCUT2D eigenvalue weighted by molar-refractivity contribution is 7.98. The molecule has 4 heteroatoms. The van der Waals surface area contributed by atoms with Crippen LogP contribution in [-0.4, -0.2) is 12.0 Å². The molecular formula is C15H12F2OS. The normalized spacial score (nSPS) is 10.5. The molecule has 0 amide bonds. The molecule has 0 aliphatic rings. The first-order valence-corrected chi connectivity index (χ1v) is 6.93. The lowest BCUT2D eigenvalue weighted by atomic mass is 10.0. The van der Waals surface area contributed by atoms with E-state index in [9.17, 15) is 13.6 Å². The van der Waals surface area contributed by atoms with Gasteiger partial charge < -0.3 is 0 Å². The summed E-state index contributed by atoms with van der Waals surface area (Å²) in [5.74, 6) is -1.49. The van der Waals surface area contributed by atoms with Crippen LogP contribution in [-0.2, 0) is 6.42 Å². The summed E-state index contributed by atoms with van der Waals surface area (Å²) < 4.78 is 26.1. The van der Waals surface area contributed by atoms with Crippen LogP contribution >= 0.6 is 11.8 Å². The zero-order chi connectivity index (χ0) is 13.8. The van der Waals surface area contributed by atoms with Crippen LogP contribution in [0.3, 0.4) is 0 Å². The molecule has 0 aliphatic heterocycles. The second kappa shape index (κ2) is 5.97. The number of thioether (sulfide) groups is 1. The van der Waals surface area contributed by atoms with Crippen LogP contribution < -0.4 is 0 Å². The number of halogens is 2. The molecule has 0 fully saturated rings. The van der Waals surface area contributed by atoms with Crippen molar-refractivity contribution in [3.05, 3.63) is 65.2 Å². The largest absolute Gasteiger partial charge is 0.294 e. The third-order valence-corrected chi connectivity index (χ3v) is 3.44. The van der Waals surface area contributed by atoms with E-state index in [1.54, 1.807) is 23.9 Å². The smallest absolute Gasteiger partial charge is 0.167 e. The van der Waals surface area contributed by atoms with Crippen molar-refractivity contribution < 1.29 is 13.6 Å². The molecule has 0 saturated carbocycles. The molecule has 0 unspecified atom stereocenters. The summed E-state index contributed by atoms with van der Waals surface area (Å²) in [6.07, 6.45) is 1.94. The second-order valence-electron chi connectivity index (χ2n) is 4.11. The summed E-state index contributed by atoms with van der Waals surface area (Å²) in [5, 5.41) is 0. The summed E-state index contributed by atoms with van der Waals surface area (Å²) in [5.41, 5.74) is 0.888. The highest BCUT2D eigenvalue weighted by Gasteiger charge is 2.09. The molecule has 0 bridgehead atoms. The third-order valence-electron chi connectivity index (χ3n) is 2.70. The first kappa shape index (κ1) is 13.7. The fraction of sp³-hybridized carbons (Fsp3) is 0.133. The molecule has 0 heterocycles. The lowest BCUT2D eigenvalue weighted by molar-refractivity contribution is 0.0993. The maximum absolute atomic E-state index is 13.0. The molecule has 0 aliphatic carbocycles. The Morgan fingerprint density at radius 1 is 1.05 bits per heavy atom. The molecule has 0 radical (unpaired) electrons. The number of hydrogen-bond acceptors (Lipinski definition) is 2. The van der Waals surface area contributed by atoms with Crippen LogP contribution in [0.2, 0.25) is 0 Å². The van der Waals surface area contributed by atoms with Gasteiger partial charge in [-0.1, -0.05) is 12.1 Å². The molecule has 19 heavy (non-hydrogen) atoms. The number of hydrogen-bond donors (Lipinski definition) is 0. The van der Waals surface area contributed by atoms with Crippen LogP contribution in [0.4, 0.5) is 8.78 Å². The number of Topliss-reactive ketones (excluding diaryl/α,β-unsaturated/α-hetero) is 1. The molecule has 98 valence electrons. The zero-order valence-corrected chi connectivity index (χ0v) is 11.1.